The molecule has 6 atom stereocenters. The van der Waals surface area contributed by atoms with Gasteiger partial charge in [0.05, 0.1) is 32.7 Å². The largest absolute Gasteiger partial charge is 0.465 e. The first-order chi connectivity index (χ1) is 18.7. The molecule has 2 aliphatic rings. The fourth-order valence-corrected chi connectivity index (χ4v) is 6.01. The lowest BCUT2D eigenvalue weighted by molar-refractivity contribution is -0.198. The van der Waals surface area contributed by atoms with Crippen LogP contribution in [0.3, 0.4) is 0 Å². The Balaban J connectivity index is 1.77. The summed E-state index contributed by atoms with van der Waals surface area (Å²) in [4.78, 5) is 25.0. The van der Waals surface area contributed by atoms with Gasteiger partial charge < -0.3 is 33.5 Å². The number of aliphatic hydroxyl groups is 1. The topological polar surface area (TPSA) is 110 Å². The first kappa shape index (κ1) is 35.9. The summed E-state index contributed by atoms with van der Waals surface area (Å²) >= 11 is 0. The second-order valence-electron chi connectivity index (χ2n) is 15.2. The molecule has 0 aliphatic carbocycles. The van der Waals surface area contributed by atoms with Crippen LogP contribution in [0.25, 0.3) is 0 Å². The zero-order chi connectivity index (χ0) is 31.3. The van der Waals surface area contributed by atoms with Crippen LogP contribution in [0, 0.1) is 16.7 Å². The Bertz CT molecular complexity index is 864. The number of rotatable bonds is 15. The zero-order valence-electron chi connectivity index (χ0n) is 27.6. The van der Waals surface area contributed by atoms with Crippen LogP contribution in [0.5, 0.6) is 0 Å². The fraction of sp³-hybridized carbons (Fsp3) is 0.938. The van der Waals surface area contributed by atoms with Crippen molar-refractivity contribution in [2.75, 3.05) is 19.8 Å². The number of hydrogen-bond acceptors (Lipinski definition) is 9. The SMILES string of the molecule is CCC(C)CC(C)(C)OC(=O)CCC1(C)OCC(C(O)C2COC(C)(CCC(=O)OCC(C)(C)CC(C)(C)C)O2)O1. The molecule has 0 saturated carbocycles. The van der Waals surface area contributed by atoms with Gasteiger partial charge in [0.25, 0.3) is 0 Å². The third kappa shape index (κ3) is 12.5. The number of carbonyl (C=O) groups excluding carboxylic acids is 2. The summed E-state index contributed by atoms with van der Waals surface area (Å²) in [7, 11) is 0. The highest BCUT2D eigenvalue weighted by Crippen LogP contribution is 2.36. The Morgan fingerprint density at radius 3 is 1.85 bits per heavy atom. The van der Waals surface area contributed by atoms with Crippen molar-refractivity contribution >= 4 is 11.9 Å². The van der Waals surface area contributed by atoms with Crippen molar-refractivity contribution in [2.24, 2.45) is 16.7 Å². The summed E-state index contributed by atoms with van der Waals surface area (Å²) in [6.07, 6.45) is 1.41. The lowest BCUT2D eigenvalue weighted by Crippen LogP contribution is -2.42. The van der Waals surface area contributed by atoms with Crippen molar-refractivity contribution in [2.45, 2.75) is 157 Å². The highest BCUT2D eigenvalue weighted by Gasteiger charge is 2.48. The molecule has 2 fully saturated rings. The van der Waals surface area contributed by atoms with E-state index in [9.17, 15) is 14.7 Å². The molecule has 240 valence electrons. The van der Waals surface area contributed by atoms with Crippen molar-refractivity contribution in [1.82, 2.24) is 0 Å². The van der Waals surface area contributed by atoms with E-state index < -0.39 is 35.5 Å². The second kappa shape index (κ2) is 14.0. The molecular weight excluding hydrogens is 528 g/mol. The molecule has 2 aliphatic heterocycles. The molecule has 41 heavy (non-hydrogen) atoms. The number of ether oxygens (including phenoxy) is 6. The quantitative estimate of drug-likeness (QED) is 0.233. The van der Waals surface area contributed by atoms with Crippen LogP contribution in [0.4, 0.5) is 0 Å². The van der Waals surface area contributed by atoms with Crippen molar-refractivity contribution in [3.8, 4) is 0 Å². The van der Waals surface area contributed by atoms with Crippen molar-refractivity contribution < 1.29 is 43.1 Å². The smallest absolute Gasteiger partial charge is 0.306 e. The number of carbonyl (C=O) groups is 2. The van der Waals surface area contributed by atoms with Gasteiger partial charge >= 0.3 is 11.9 Å². The first-order valence-electron chi connectivity index (χ1n) is 15.3. The van der Waals surface area contributed by atoms with Gasteiger partial charge in [-0.3, -0.25) is 9.59 Å². The maximum Gasteiger partial charge on any atom is 0.306 e. The third-order valence-electron chi connectivity index (χ3n) is 7.80. The minimum Gasteiger partial charge on any atom is -0.465 e. The van der Waals surface area contributed by atoms with Crippen molar-refractivity contribution in [1.29, 1.82) is 0 Å². The molecule has 0 aromatic rings. The minimum atomic E-state index is -1.02. The standard InChI is InChI=1S/C32H58O9/c1-12-22(2)17-30(8,9)41-26(34)14-16-32(11)38-19-24(40-32)27(35)23-18-37-31(10,39-23)15-13-25(33)36-21-29(6,7)20-28(3,4)5/h22-24,27,35H,12-21H2,1-11H3. The van der Waals surface area contributed by atoms with Crippen LogP contribution in [0.1, 0.15) is 121 Å². The van der Waals surface area contributed by atoms with E-state index >= 15 is 0 Å². The van der Waals surface area contributed by atoms with E-state index in [1.165, 1.54) is 0 Å². The Hall–Kier alpha value is -1.26. The molecule has 9 heteroatoms. The Kier molecular flexibility index (Phi) is 12.3. The average molecular weight is 587 g/mol. The first-order valence-corrected chi connectivity index (χ1v) is 15.3. The summed E-state index contributed by atoms with van der Waals surface area (Å²) in [5, 5.41) is 11.0. The summed E-state index contributed by atoms with van der Waals surface area (Å²) in [6.45, 7) is 23.1. The number of esters is 2. The van der Waals surface area contributed by atoms with Crippen LogP contribution < -0.4 is 0 Å². The van der Waals surface area contributed by atoms with Crippen molar-refractivity contribution in [3.05, 3.63) is 0 Å². The maximum absolute atomic E-state index is 12.5. The number of aliphatic hydroxyl groups excluding tert-OH is 1. The summed E-state index contributed by atoms with van der Waals surface area (Å²) in [6, 6.07) is 0. The van der Waals surface area contributed by atoms with E-state index in [1.807, 2.05) is 13.8 Å². The molecular formula is C32H58O9. The Labute approximate surface area is 248 Å². The maximum atomic E-state index is 12.5. The summed E-state index contributed by atoms with van der Waals surface area (Å²) in [5.74, 6) is -2.16. The molecule has 0 amide bonds. The van der Waals surface area contributed by atoms with Crippen molar-refractivity contribution in [3.63, 3.8) is 0 Å². The Morgan fingerprint density at radius 1 is 0.902 bits per heavy atom. The molecule has 0 bridgehead atoms. The minimum absolute atomic E-state index is 0.116. The molecule has 2 saturated heterocycles. The van der Waals surface area contributed by atoms with Gasteiger partial charge in [-0.2, -0.15) is 0 Å². The van der Waals surface area contributed by atoms with Gasteiger partial charge in [0.15, 0.2) is 11.6 Å². The molecule has 1 N–H and O–H groups in total. The van der Waals surface area contributed by atoms with E-state index in [0.717, 1.165) is 19.3 Å². The lowest BCUT2D eigenvalue weighted by Gasteiger charge is -2.32. The molecule has 0 spiro atoms. The van der Waals surface area contributed by atoms with Gasteiger partial charge in [-0.05, 0) is 57.3 Å². The van der Waals surface area contributed by atoms with Gasteiger partial charge in [0.1, 0.15) is 23.9 Å². The van der Waals surface area contributed by atoms with Crippen LogP contribution in [-0.2, 0) is 38.0 Å². The summed E-state index contributed by atoms with van der Waals surface area (Å²) < 4.78 is 35.1. The van der Waals surface area contributed by atoms with Gasteiger partial charge in [-0.15, -0.1) is 0 Å². The normalized spacial score (nSPS) is 28.9. The van der Waals surface area contributed by atoms with Gasteiger partial charge in [-0.1, -0.05) is 54.9 Å². The molecule has 2 heterocycles. The molecule has 9 nitrogen and oxygen atoms in total. The van der Waals surface area contributed by atoms with E-state index in [2.05, 4.69) is 48.5 Å². The van der Waals surface area contributed by atoms with E-state index in [0.29, 0.717) is 25.4 Å². The highest BCUT2D eigenvalue weighted by molar-refractivity contribution is 5.70. The monoisotopic (exact) mass is 586 g/mol. The average Bonchev–Trinajstić information content (AvgIpc) is 3.41. The lowest BCUT2D eigenvalue weighted by atomic mass is 9.77. The highest BCUT2D eigenvalue weighted by atomic mass is 16.8. The third-order valence-corrected chi connectivity index (χ3v) is 7.80. The number of hydrogen-bond donors (Lipinski definition) is 1. The summed E-state index contributed by atoms with van der Waals surface area (Å²) in [5.41, 5.74) is -0.503. The van der Waals surface area contributed by atoms with Crippen LogP contribution in [0.2, 0.25) is 0 Å². The molecule has 6 unspecified atom stereocenters. The van der Waals surface area contributed by atoms with Gasteiger partial charge in [0, 0.05) is 12.8 Å². The molecule has 2 rings (SSSR count). The molecule has 0 aromatic carbocycles. The fourth-order valence-electron chi connectivity index (χ4n) is 6.01. The second-order valence-corrected chi connectivity index (χ2v) is 15.2. The van der Waals surface area contributed by atoms with Gasteiger partial charge in [-0.25, -0.2) is 0 Å². The van der Waals surface area contributed by atoms with Gasteiger partial charge in [0.2, 0.25) is 0 Å². The van der Waals surface area contributed by atoms with E-state index in [1.54, 1.807) is 13.8 Å². The van der Waals surface area contributed by atoms with Crippen LogP contribution >= 0.6 is 0 Å². The molecule has 0 radical (unpaired) electrons. The van der Waals surface area contributed by atoms with Crippen LogP contribution in [0.15, 0.2) is 0 Å². The molecule has 0 aromatic heterocycles. The van der Waals surface area contributed by atoms with E-state index in [-0.39, 0.29) is 48.8 Å². The Morgan fingerprint density at radius 2 is 1.39 bits per heavy atom. The van der Waals surface area contributed by atoms with Crippen LogP contribution in [-0.4, -0.2) is 72.4 Å². The zero-order valence-corrected chi connectivity index (χ0v) is 27.6. The predicted octanol–water partition coefficient (Wildman–Crippen LogP) is 5.93. The van der Waals surface area contributed by atoms with E-state index in [4.69, 9.17) is 28.4 Å². The predicted molar refractivity (Wildman–Crippen MR) is 156 cm³/mol.